The highest BCUT2D eigenvalue weighted by atomic mass is 19.1. The van der Waals surface area contributed by atoms with Gasteiger partial charge in [0.15, 0.2) is 17.8 Å². The van der Waals surface area contributed by atoms with Gasteiger partial charge in [0.25, 0.3) is 0 Å². The number of fused-ring (bicyclic) bond motifs is 1. The largest absolute Gasteiger partial charge is 0.490 e. The van der Waals surface area contributed by atoms with Crippen molar-refractivity contribution < 1.29 is 23.4 Å². The molecule has 1 aliphatic rings. The molecule has 4 nitrogen and oxygen atoms in total. The SMILES string of the molecule is O=Cc1cc2c(cc1OCCF)OCO2. The summed E-state index contributed by atoms with van der Waals surface area (Å²) in [6.45, 7) is -0.562. The van der Waals surface area contributed by atoms with Gasteiger partial charge >= 0.3 is 0 Å². The van der Waals surface area contributed by atoms with Crippen LogP contribution in [0.5, 0.6) is 17.2 Å². The number of halogens is 1. The molecule has 0 N–H and O–H groups in total. The van der Waals surface area contributed by atoms with E-state index in [1.165, 1.54) is 12.1 Å². The maximum absolute atomic E-state index is 11.9. The minimum absolute atomic E-state index is 0.0829. The van der Waals surface area contributed by atoms with Crippen LogP contribution in [0.1, 0.15) is 10.4 Å². The second-order valence-corrected chi connectivity index (χ2v) is 2.90. The number of hydrogen-bond acceptors (Lipinski definition) is 4. The number of hydrogen-bond donors (Lipinski definition) is 0. The number of carbonyl (C=O) groups is 1. The lowest BCUT2D eigenvalue weighted by atomic mass is 10.2. The molecule has 0 aromatic heterocycles. The Morgan fingerprint density at radius 3 is 2.80 bits per heavy atom. The number of alkyl halides is 1. The molecular formula is C10H9FO4. The van der Waals surface area contributed by atoms with Crippen molar-refractivity contribution in [1.29, 1.82) is 0 Å². The van der Waals surface area contributed by atoms with E-state index in [0.29, 0.717) is 29.1 Å². The van der Waals surface area contributed by atoms with Crippen LogP contribution in [0.4, 0.5) is 4.39 Å². The third kappa shape index (κ3) is 1.86. The summed E-state index contributed by atoms with van der Waals surface area (Å²) in [7, 11) is 0. The summed E-state index contributed by atoms with van der Waals surface area (Å²) in [5, 5.41) is 0. The standard InChI is InChI=1S/C10H9FO4/c11-1-2-13-8-4-10-9(14-6-15-10)3-7(8)5-12/h3-5H,1-2,6H2. The fourth-order valence-corrected chi connectivity index (χ4v) is 1.30. The molecule has 1 heterocycles. The summed E-state index contributed by atoms with van der Waals surface area (Å²) in [5.41, 5.74) is 0.327. The Kier molecular flexibility index (Phi) is 2.71. The lowest BCUT2D eigenvalue weighted by molar-refractivity contribution is 0.111. The summed E-state index contributed by atoms with van der Waals surface area (Å²) in [4.78, 5) is 10.7. The zero-order valence-electron chi connectivity index (χ0n) is 7.86. The van der Waals surface area contributed by atoms with E-state index in [-0.39, 0.29) is 13.4 Å². The molecule has 1 aromatic rings. The van der Waals surface area contributed by atoms with E-state index < -0.39 is 6.67 Å². The summed E-state index contributed by atoms with van der Waals surface area (Å²) < 4.78 is 27.2. The highest BCUT2D eigenvalue weighted by Gasteiger charge is 2.17. The molecule has 0 saturated carbocycles. The average Bonchev–Trinajstić information content (AvgIpc) is 2.71. The summed E-state index contributed by atoms with van der Waals surface area (Å²) in [5.74, 6) is 1.33. The highest BCUT2D eigenvalue weighted by Crippen LogP contribution is 2.37. The van der Waals surface area contributed by atoms with Crippen molar-refractivity contribution in [1.82, 2.24) is 0 Å². The molecule has 0 amide bonds. The smallest absolute Gasteiger partial charge is 0.231 e. The zero-order chi connectivity index (χ0) is 10.7. The zero-order valence-corrected chi connectivity index (χ0v) is 7.86. The molecule has 1 aliphatic heterocycles. The van der Waals surface area contributed by atoms with Crippen molar-refractivity contribution in [3.63, 3.8) is 0 Å². The predicted molar refractivity (Wildman–Crippen MR) is 49.4 cm³/mol. The van der Waals surface area contributed by atoms with E-state index in [0.717, 1.165) is 0 Å². The fourth-order valence-electron chi connectivity index (χ4n) is 1.30. The second-order valence-electron chi connectivity index (χ2n) is 2.90. The van der Waals surface area contributed by atoms with E-state index in [2.05, 4.69) is 0 Å². The van der Waals surface area contributed by atoms with Crippen LogP contribution in [-0.2, 0) is 0 Å². The van der Waals surface area contributed by atoms with E-state index >= 15 is 0 Å². The Bertz CT molecular complexity index is 378. The summed E-state index contributed by atoms with van der Waals surface area (Å²) in [6.07, 6.45) is 0.634. The Morgan fingerprint density at radius 1 is 1.40 bits per heavy atom. The highest BCUT2D eigenvalue weighted by molar-refractivity contribution is 5.81. The maximum atomic E-state index is 11.9. The van der Waals surface area contributed by atoms with Gasteiger partial charge in [0.2, 0.25) is 6.79 Å². The van der Waals surface area contributed by atoms with Crippen LogP contribution in [0.3, 0.4) is 0 Å². The van der Waals surface area contributed by atoms with Gasteiger partial charge in [-0.3, -0.25) is 4.79 Å². The number of rotatable bonds is 4. The predicted octanol–water partition coefficient (Wildman–Crippen LogP) is 1.58. The van der Waals surface area contributed by atoms with Crippen molar-refractivity contribution >= 4 is 6.29 Å². The van der Waals surface area contributed by atoms with E-state index in [1.54, 1.807) is 0 Å². The molecule has 0 spiro atoms. The van der Waals surface area contributed by atoms with Gasteiger partial charge in [0.05, 0.1) is 5.56 Å². The molecule has 0 saturated heterocycles. The molecule has 80 valence electrons. The van der Waals surface area contributed by atoms with E-state index in [1.807, 2.05) is 0 Å². The van der Waals surface area contributed by atoms with E-state index in [4.69, 9.17) is 14.2 Å². The van der Waals surface area contributed by atoms with Crippen LogP contribution in [-0.4, -0.2) is 26.4 Å². The molecule has 0 fully saturated rings. The van der Waals surface area contributed by atoms with Gasteiger partial charge in [-0.2, -0.15) is 0 Å². The molecule has 2 rings (SSSR count). The molecular weight excluding hydrogens is 203 g/mol. The first-order valence-electron chi connectivity index (χ1n) is 4.42. The molecule has 0 bridgehead atoms. The Balaban J connectivity index is 2.31. The molecule has 15 heavy (non-hydrogen) atoms. The van der Waals surface area contributed by atoms with Gasteiger partial charge in [0.1, 0.15) is 19.0 Å². The first-order valence-corrected chi connectivity index (χ1v) is 4.42. The minimum atomic E-state index is -0.604. The third-order valence-corrected chi connectivity index (χ3v) is 1.97. The van der Waals surface area contributed by atoms with Crippen LogP contribution in [0, 0.1) is 0 Å². The van der Waals surface area contributed by atoms with Crippen LogP contribution in [0.25, 0.3) is 0 Å². The van der Waals surface area contributed by atoms with Gasteiger partial charge in [-0.05, 0) is 6.07 Å². The molecule has 0 aliphatic carbocycles. The molecule has 0 unspecified atom stereocenters. The fraction of sp³-hybridized carbons (Fsp3) is 0.300. The first kappa shape index (κ1) is 9.76. The third-order valence-electron chi connectivity index (χ3n) is 1.97. The molecule has 0 radical (unpaired) electrons. The first-order chi connectivity index (χ1) is 7.35. The second kappa shape index (κ2) is 4.16. The lowest BCUT2D eigenvalue weighted by Gasteiger charge is -2.07. The van der Waals surface area contributed by atoms with Crippen molar-refractivity contribution in [3.05, 3.63) is 17.7 Å². The quantitative estimate of drug-likeness (QED) is 0.711. The van der Waals surface area contributed by atoms with Crippen molar-refractivity contribution in [2.45, 2.75) is 0 Å². The molecule has 1 aromatic carbocycles. The number of carbonyl (C=O) groups excluding carboxylic acids is 1. The van der Waals surface area contributed by atoms with Gasteiger partial charge in [-0.25, -0.2) is 4.39 Å². The van der Waals surface area contributed by atoms with Crippen molar-refractivity contribution in [2.24, 2.45) is 0 Å². The average molecular weight is 212 g/mol. The summed E-state index contributed by atoms with van der Waals surface area (Å²) >= 11 is 0. The van der Waals surface area contributed by atoms with Gasteiger partial charge in [-0.15, -0.1) is 0 Å². The Labute approximate surface area is 85.6 Å². The Hall–Kier alpha value is -1.78. The minimum Gasteiger partial charge on any atom is -0.490 e. The van der Waals surface area contributed by atoms with Crippen LogP contribution in [0.2, 0.25) is 0 Å². The monoisotopic (exact) mass is 212 g/mol. The van der Waals surface area contributed by atoms with Crippen LogP contribution < -0.4 is 14.2 Å². The summed E-state index contributed by atoms with van der Waals surface area (Å²) in [6, 6.07) is 3.05. The van der Waals surface area contributed by atoms with Crippen LogP contribution >= 0.6 is 0 Å². The molecule has 0 atom stereocenters. The number of benzene rings is 1. The maximum Gasteiger partial charge on any atom is 0.231 e. The Morgan fingerprint density at radius 2 is 2.13 bits per heavy atom. The van der Waals surface area contributed by atoms with Crippen molar-refractivity contribution in [2.75, 3.05) is 20.1 Å². The van der Waals surface area contributed by atoms with E-state index in [9.17, 15) is 9.18 Å². The topological polar surface area (TPSA) is 44.8 Å². The van der Waals surface area contributed by atoms with Gasteiger partial charge < -0.3 is 14.2 Å². The molecule has 5 heteroatoms. The number of ether oxygens (including phenoxy) is 3. The van der Waals surface area contributed by atoms with Gasteiger partial charge in [-0.1, -0.05) is 0 Å². The number of aldehydes is 1. The normalized spacial score (nSPS) is 12.6. The van der Waals surface area contributed by atoms with Gasteiger partial charge in [0, 0.05) is 6.07 Å². The lowest BCUT2D eigenvalue weighted by Crippen LogP contribution is -2.01. The van der Waals surface area contributed by atoms with Crippen LogP contribution in [0.15, 0.2) is 12.1 Å². The van der Waals surface area contributed by atoms with Crippen molar-refractivity contribution in [3.8, 4) is 17.2 Å².